The average Bonchev–Trinajstić information content (AvgIpc) is 2.97. The highest BCUT2D eigenvalue weighted by molar-refractivity contribution is 5.94. The third-order valence-electron chi connectivity index (χ3n) is 4.30. The fraction of sp³-hybridized carbons (Fsp3) is 0.474. The van der Waals surface area contributed by atoms with Crippen LogP contribution in [0.3, 0.4) is 0 Å². The van der Waals surface area contributed by atoms with Crippen molar-refractivity contribution in [3.8, 4) is 5.75 Å². The maximum absolute atomic E-state index is 12.8. The molecule has 1 aliphatic rings. The van der Waals surface area contributed by atoms with E-state index in [1.54, 1.807) is 7.11 Å². The molecular weight excluding hydrogens is 304 g/mol. The summed E-state index contributed by atoms with van der Waals surface area (Å²) in [5.41, 5.74) is 2.39. The maximum atomic E-state index is 12.8. The fourth-order valence-electron chi connectivity index (χ4n) is 2.89. The molecule has 0 saturated heterocycles. The van der Waals surface area contributed by atoms with E-state index in [1.807, 2.05) is 30.0 Å². The van der Waals surface area contributed by atoms with Gasteiger partial charge in [0.25, 0.3) is 5.91 Å². The number of aromatic nitrogens is 1. The van der Waals surface area contributed by atoms with Crippen molar-refractivity contribution in [2.75, 3.05) is 13.7 Å². The molecule has 0 aliphatic carbocycles. The van der Waals surface area contributed by atoms with Crippen molar-refractivity contribution < 1.29 is 13.9 Å². The van der Waals surface area contributed by atoms with Gasteiger partial charge in [0.1, 0.15) is 17.2 Å². The SMILES string of the molecule is COc1ccc(C(=O)N2CCc3oc(C(C)(C)C)nc3C2)cc1C. The summed E-state index contributed by atoms with van der Waals surface area (Å²) in [6.45, 7) is 9.32. The van der Waals surface area contributed by atoms with E-state index in [9.17, 15) is 4.79 Å². The quantitative estimate of drug-likeness (QED) is 0.847. The molecule has 1 amide bonds. The lowest BCUT2D eigenvalue weighted by Gasteiger charge is -2.25. The highest BCUT2D eigenvalue weighted by Crippen LogP contribution is 2.28. The summed E-state index contributed by atoms with van der Waals surface area (Å²) in [5, 5.41) is 0. The number of carbonyl (C=O) groups is 1. The molecule has 0 atom stereocenters. The van der Waals surface area contributed by atoms with Crippen LogP contribution >= 0.6 is 0 Å². The number of hydrogen-bond donors (Lipinski definition) is 0. The summed E-state index contributed by atoms with van der Waals surface area (Å²) in [7, 11) is 1.63. The van der Waals surface area contributed by atoms with Gasteiger partial charge in [-0.3, -0.25) is 4.79 Å². The fourth-order valence-corrected chi connectivity index (χ4v) is 2.89. The van der Waals surface area contributed by atoms with Crippen LogP contribution in [0.15, 0.2) is 22.6 Å². The van der Waals surface area contributed by atoms with E-state index < -0.39 is 0 Å². The largest absolute Gasteiger partial charge is 0.496 e. The van der Waals surface area contributed by atoms with Crippen LogP contribution in [-0.2, 0) is 18.4 Å². The van der Waals surface area contributed by atoms with Crippen LogP contribution in [0.25, 0.3) is 0 Å². The van der Waals surface area contributed by atoms with Gasteiger partial charge in [0, 0.05) is 23.9 Å². The lowest BCUT2D eigenvalue weighted by atomic mass is 9.97. The first-order valence-electron chi connectivity index (χ1n) is 8.22. The van der Waals surface area contributed by atoms with Gasteiger partial charge in [-0.15, -0.1) is 0 Å². The predicted octanol–water partition coefficient (Wildman–Crippen LogP) is 3.49. The number of hydrogen-bond acceptors (Lipinski definition) is 4. The number of methoxy groups -OCH3 is 1. The molecule has 5 nitrogen and oxygen atoms in total. The highest BCUT2D eigenvalue weighted by Gasteiger charge is 2.29. The Morgan fingerprint density at radius 2 is 2.08 bits per heavy atom. The number of ether oxygens (including phenoxy) is 1. The van der Waals surface area contributed by atoms with Gasteiger partial charge >= 0.3 is 0 Å². The molecule has 0 unspecified atom stereocenters. The third kappa shape index (κ3) is 3.03. The van der Waals surface area contributed by atoms with Crippen LogP contribution in [-0.4, -0.2) is 29.4 Å². The van der Waals surface area contributed by atoms with E-state index in [4.69, 9.17) is 9.15 Å². The van der Waals surface area contributed by atoms with E-state index >= 15 is 0 Å². The molecule has 2 heterocycles. The zero-order chi connectivity index (χ0) is 17.5. The molecule has 0 N–H and O–H groups in total. The number of oxazole rings is 1. The van der Waals surface area contributed by atoms with Gasteiger partial charge < -0.3 is 14.1 Å². The lowest BCUT2D eigenvalue weighted by molar-refractivity contribution is 0.0727. The standard InChI is InChI=1S/C19H24N2O3/c1-12-10-13(6-7-15(12)23-5)17(22)21-9-8-16-14(11-21)20-18(24-16)19(2,3)4/h6-7,10H,8-9,11H2,1-5H3. The molecule has 5 heteroatoms. The van der Waals surface area contributed by atoms with Gasteiger partial charge in [-0.2, -0.15) is 0 Å². The Labute approximate surface area is 142 Å². The molecule has 0 saturated carbocycles. The van der Waals surface area contributed by atoms with Crippen LogP contribution in [0.4, 0.5) is 0 Å². The van der Waals surface area contributed by atoms with E-state index in [0.29, 0.717) is 25.1 Å². The zero-order valence-corrected chi connectivity index (χ0v) is 15.0. The minimum Gasteiger partial charge on any atom is -0.496 e. The lowest BCUT2D eigenvalue weighted by Crippen LogP contribution is -2.35. The molecule has 2 aromatic rings. The number of benzene rings is 1. The molecular formula is C19H24N2O3. The summed E-state index contributed by atoms with van der Waals surface area (Å²) >= 11 is 0. The van der Waals surface area contributed by atoms with E-state index in [1.165, 1.54) is 0 Å². The number of rotatable bonds is 2. The molecule has 0 bridgehead atoms. The molecule has 0 spiro atoms. The van der Waals surface area contributed by atoms with E-state index in [-0.39, 0.29) is 11.3 Å². The van der Waals surface area contributed by atoms with Gasteiger partial charge in [-0.25, -0.2) is 4.98 Å². The van der Waals surface area contributed by atoms with Crippen molar-refractivity contribution in [1.82, 2.24) is 9.88 Å². The first kappa shape index (κ1) is 16.6. The van der Waals surface area contributed by atoms with Crippen LogP contribution in [0.2, 0.25) is 0 Å². The zero-order valence-electron chi connectivity index (χ0n) is 15.0. The van der Waals surface area contributed by atoms with Gasteiger partial charge in [-0.1, -0.05) is 20.8 Å². The summed E-state index contributed by atoms with van der Waals surface area (Å²) in [5.74, 6) is 2.46. The van der Waals surface area contributed by atoms with Crippen molar-refractivity contribution >= 4 is 5.91 Å². The normalized spacial score (nSPS) is 14.5. The van der Waals surface area contributed by atoms with Crippen LogP contribution in [0.5, 0.6) is 5.75 Å². The Morgan fingerprint density at radius 3 is 2.71 bits per heavy atom. The van der Waals surface area contributed by atoms with Gasteiger partial charge in [0.15, 0.2) is 5.89 Å². The van der Waals surface area contributed by atoms with Gasteiger partial charge in [0.05, 0.1) is 13.7 Å². The number of amides is 1. The van der Waals surface area contributed by atoms with Crippen molar-refractivity contribution in [2.24, 2.45) is 0 Å². The van der Waals surface area contributed by atoms with Crippen molar-refractivity contribution in [2.45, 2.75) is 46.1 Å². The van der Waals surface area contributed by atoms with Crippen molar-refractivity contribution in [3.05, 3.63) is 46.7 Å². The van der Waals surface area contributed by atoms with Crippen molar-refractivity contribution in [3.63, 3.8) is 0 Å². The predicted molar refractivity (Wildman–Crippen MR) is 91.4 cm³/mol. The Hall–Kier alpha value is -2.30. The molecule has 1 aromatic heterocycles. The Balaban J connectivity index is 1.81. The molecule has 1 aliphatic heterocycles. The summed E-state index contributed by atoms with van der Waals surface area (Å²) in [6.07, 6.45) is 0.708. The van der Waals surface area contributed by atoms with Crippen LogP contribution in [0, 0.1) is 6.92 Å². The summed E-state index contributed by atoms with van der Waals surface area (Å²) < 4.78 is 11.1. The Morgan fingerprint density at radius 1 is 1.33 bits per heavy atom. The monoisotopic (exact) mass is 328 g/mol. The second kappa shape index (κ2) is 5.96. The third-order valence-corrected chi connectivity index (χ3v) is 4.30. The summed E-state index contributed by atoms with van der Waals surface area (Å²) in [6, 6.07) is 5.53. The van der Waals surface area contributed by atoms with Gasteiger partial charge in [0.2, 0.25) is 0 Å². The van der Waals surface area contributed by atoms with Crippen LogP contribution in [0.1, 0.15) is 54.0 Å². The molecule has 0 radical (unpaired) electrons. The Bertz CT molecular complexity index is 771. The van der Waals surface area contributed by atoms with Gasteiger partial charge in [-0.05, 0) is 30.7 Å². The highest BCUT2D eigenvalue weighted by atomic mass is 16.5. The molecule has 128 valence electrons. The summed E-state index contributed by atoms with van der Waals surface area (Å²) in [4.78, 5) is 19.2. The smallest absolute Gasteiger partial charge is 0.254 e. The molecule has 0 fully saturated rings. The number of aryl methyl sites for hydroxylation is 1. The maximum Gasteiger partial charge on any atom is 0.254 e. The number of carbonyl (C=O) groups excluding carboxylic acids is 1. The van der Waals surface area contributed by atoms with Crippen LogP contribution < -0.4 is 4.74 Å². The molecule has 1 aromatic carbocycles. The second-order valence-electron chi connectivity index (χ2n) is 7.30. The minimum atomic E-state index is -0.126. The first-order valence-corrected chi connectivity index (χ1v) is 8.22. The van der Waals surface area contributed by atoms with E-state index in [0.717, 1.165) is 28.7 Å². The van der Waals surface area contributed by atoms with E-state index in [2.05, 4.69) is 25.8 Å². The minimum absolute atomic E-state index is 0.0201. The second-order valence-corrected chi connectivity index (χ2v) is 7.30. The number of nitrogens with zero attached hydrogens (tertiary/aromatic N) is 2. The molecule has 3 rings (SSSR count). The van der Waals surface area contributed by atoms with Crippen molar-refractivity contribution in [1.29, 1.82) is 0 Å². The molecule has 24 heavy (non-hydrogen) atoms. The Kier molecular flexibility index (Phi) is 4.11. The topological polar surface area (TPSA) is 55.6 Å². The average molecular weight is 328 g/mol. The first-order chi connectivity index (χ1) is 11.3. The number of fused-ring (bicyclic) bond motifs is 1.